The summed E-state index contributed by atoms with van der Waals surface area (Å²) in [5.41, 5.74) is 0.174. The standard InChI is InChI=1S/C17H25FN2O3/c1-17(2,3)23-16(22)20-8-6-12(7-9-20)11-19-13-4-5-15(21)14(18)10-13/h4-5,10,12,19,21H,6-9,11H2,1-3H3. The molecule has 0 radical (unpaired) electrons. The van der Waals surface area contributed by atoms with Crippen LogP contribution in [0.1, 0.15) is 33.6 Å². The topological polar surface area (TPSA) is 61.8 Å². The van der Waals surface area contributed by atoms with E-state index >= 15 is 0 Å². The molecule has 1 aromatic rings. The molecule has 2 rings (SSSR count). The first-order chi connectivity index (χ1) is 10.7. The van der Waals surface area contributed by atoms with Crippen molar-refractivity contribution in [3.8, 4) is 5.75 Å². The highest BCUT2D eigenvalue weighted by atomic mass is 19.1. The highest BCUT2D eigenvalue weighted by Crippen LogP contribution is 2.22. The molecule has 23 heavy (non-hydrogen) atoms. The van der Waals surface area contributed by atoms with Crippen molar-refractivity contribution >= 4 is 11.8 Å². The minimum absolute atomic E-state index is 0.260. The van der Waals surface area contributed by atoms with Gasteiger partial charge < -0.3 is 20.1 Å². The second kappa shape index (κ2) is 7.06. The number of piperidine rings is 1. The first kappa shape index (κ1) is 17.4. The zero-order chi connectivity index (χ0) is 17.0. The Hall–Kier alpha value is -1.98. The number of phenolic OH excluding ortho intramolecular Hbond substituents is 1. The largest absolute Gasteiger partial charge is 0.505 e. The second-order valence-electron chi connectivity index (χ2n) is 6.96. The third-order valence-electron chi connectivity index (χ3n) is 3.81. The van der Waals surface area contributed by atoms with Crippen molar-refractivity contribution in [3.05, 3.63) is 24.0 Å². The number of likely N-dealkylation sites (tertiary alicyclic amines) is 1. The molecule has 128 valence electrons. The van der Waals surface area contributed by atoms with Crippen LogP contribution in [0.25, 0.3) is 0 Å². The van der Waals surface area contributed by atoms with Crippen molar-refractivity contribution in [3.63, 3.8) is 0 Å². The lowest BCUT2D eigenvalue weighted by atomic mass is 9.97. The number of carbonyl (C=O) groups excluding carboxylic acids is 1. The number of carbonyl (C=O) groups is 1. The molecule has 1 aliphatic heterocycles. The van der Waals surface area contributed by atoms with Crippen LogP contribution in [-0.2, 0) is 4.74 Å². The Kier molecular flexibility index (Phi) is 5.34. The number of amides is 1. The van der Waals surface area contributed by atoms with Gasteiger partial charge in [0.25, 0.3) is 0 Å². The Morgan fingerprint density at radius 2 is 2.04 bits per heavy atom. The number of ether oxygens (including phenoxy) is 1. The van der Waals surface area contributed by atoms with Gasteiger partial charge >= 0.3 is 6.09 Å². The van der Waals surface area contributed by atoms with E-state index in [-0.39, 0.29) is 11.8 Å². The van der Waals surface area contributed by atoms with Gasteiger partial charge in [-0.3, -0.25) is 0 Å². The van der Waals surface area contributed by atoms with Crippen LogP contribution < -0.4 is 5.32 Å². The molecular weight excluding hydrogens is 299 g/mol. The zero-order valence-corrected chi connectivity index (χ0v) is 13.9. The predicted molar refractivity (Wildman–Crippen MR) is 87.1 cm³/mol. The Bertz CT molecular complexity index is 549. The van der Waals surface area contributed by atoms with Crippen molar-refractivity contribution in [2.45, 2.75) is 39.2 Å². The SMILES string of the molecule is CC(C)(C)OC(=O)N1CCC(CNc2ccc(O)c(F)c2)CC1. The molecule has 5 nitrogen and oxygen atoms in total. The molecule has 1 aliphatic rings. The van der Waals surface area contributed by atoms with Crippen molar-refractivity contribution < 1.29 is 19.0 Å². The summed E-state index contributed by atoms with van der Waals surface area (Å²) in [4.78, 5) is 13.7. The molecule has 2 N–H and O–H groups in total. The first-order valence-electron chi connectivity index (χ1n) is 7.95. The van der Waals surface area contributed by atoms with Crippen molar-refractivity contribution in [1.29, 1.82) is 0 Å². The van der Waals surface area contributed by atoms with Crippen LogP contribution >= 0.6 is 0 Å². The predicted octanol–water partition coefficient (Wildman–Crippen LogP) is 3.59. The lowest BCUT2D eigenvalue weighted by Crippen LogP contribution is -2.42. The van der Waals surface area contributed by atoms with Gasteiger partial charge in [0.1, 0.15) is 5.60 Å². The van der Waals surface area contributed by atoms with Crippen LogP contribution in [0.4, 0.5) is 14.9 Å². The summed E-state index contributed by atoms with van der Waals surface area (Å²) < 4.78 is 18.6. The number of halogens is 1. The molecule has 1 aromatic carbocycles. The second-order valence-corrected chi connectivity index (χ2v) is 6.96. The number of benzene rings is 1. The normalized spacial score (nSPS) is 16.3. The van der Waals surface area contributed by atoms with Gasteiger partial charge in [0.15, 0.2) is 11.6 Å². The number of aromatic hydroxyl groups is 1. The number of hydrogen-bond donors (Lipinski definition) is 2. The molecule has 0 saturated carbocycles. The number of anilines is 1. The summed E-state index contributed by atoms with van der Waals surface area (Å²) in [5, 5.41) is 12.3. The number of nitrogens with one attached hydrogen (secondary N) is 1. The quantitative estimate of drug-likeness (QED) is 0.834. The lowest BCUT2D eigenvalue weighted by molar-refractivity contribution is 0.0188. The van der Waals surface area contributed by atoms with E-state index in [0.717, 1.165) is 12.8 Å². The third-order valence-corrected chi connectivity index (χ3v) is 3.81. The molecule has 0 aromatic heterocycles. The fourth-order valence-corrected chi connectivity index (χ4v) is 2.53. The van der Waals surface area contributed by atoms with Gasteiger partial charge in [-0.2, -0.15) is 0 Å². The van der Waals surface area contributed by atoms with Crippen LogP contribution in [0.2, 0.25) is 0 Å². The lowest BCUT2D eigenvalue weighted by Gasteiger charge is -2.33. The molecule has 1 heterocycles. The fourth-order valence-electron chi connectivity index (χ4n) is 2.53. The van der Waals surface area contributed by atoms with E-state index in [0.29, 0.717) is 31.2 Å². The highest BCUT2D eigenvalue weighted by molar-refractivity contribution is 5.68. The molecule has 1 fully saturated rings. The minimum Gasteiger partial charge on any atom is -0.505 e. The monoisotopic (exact) mass is 324 g/mol. The molecule has 0 spiro atoms. The number of hydrogen-bond acceptors (Lipinski definition) is 4. The molecule has 0 aliphatic carbocycles. The van der Waals surface area contributed by atoms with Gasteiger partial charge in [0.05, 0.1) is 0 Å². The molecule has 0 atom stereocenters. The van der Waals surface area contributed by atoms with Gasteiger partial charge in [-0.25, -0.2) is 9.18 Å². The Morgan fingerprint density at radius 1 is 1.39 bits per heavy atom. The van der Waals surface area contributed by atoms with Gasteiger partial charge in [-0.1, -0.05) is 0 Å². The van der Waals surface area contributed by atoms with Crippen LogP contribution in [0.5, 0.6) is 5.75 Å². The maximum atomic E-state index is 13.3. The fraction of sp³-hybridized carbons (Fsp3) is 0.588. The number of rotatable bonds is 3. The molecule has 0 bridgehead atoms. The summed E-state index contributed by atoms with van der Waals surface area (Å²) in [7, 11) is 0. The van der Waals surface area contributed by atoms with E-state index in [1.165, 1.54) is 12.1 Å². The average molecular weight is 324 g/mol. The number of phenols is 1. The van der Waals surface area contributed by atoms with Gasteiger partial charge in [0.2, 0.25) is 0 Å². The third kappa shape index (κ3) is 5.30. The van der Waals surface area contributed by atoms with Crippen LogP contribution in [0, 0.1) is 11.7 Å². The van der Waals surface area contributed by atoms with E-state index in [9.17, 15) is 14.3 Å². The molecule has 0 unspecified atom stereocenters. The van der Waals surface area contributed by atoms with Gasteiger partial charge in [-0.15, -0.1) is 0 Å². The molecule has 6 heteroatoms. The van der Waals surface area contributed by atoms with Crippen LogP contribution in [0.15, 0.2) is 18.2 Å². The zero-order valence-electron chi connectivity index (χ0n) is 13.9. The molecule has 1 saturated heterocycles. The van der Waals surface area contributed by atoms with Crippen molar-refractivity contribution in [2.24, 2.45) is 5.92 Å². The van der Waals surface area contributed by atoms with Gasteiger partial charge in [-0.05, 0) is 51.7 Å². The Balaban J connectivity index is 1.76. The Labute approximate surface area is 136 Å². The summed E-state index contributed by atoms with van der Waals surface area (Å²) >= 11 is 0. The van der Waals surface area contributed by atoms with E-state index in [1.54, 1.807) is 11.0 Å². The molecule has 1 amide bonds. The van der Waals surface area contributed by atoms with E-state index in [4.69, 9.17) is 4.74 Å². The Morgan fingerprint density at radius 3 is 2.61 bits per heavy atom. The average Bonchev–Trinajstić information content (AvgIpc) is 2.47. The minimum atomic E-state index is -0.630. The summed E-state index contributed by atoms with van der Waals surface area (Å²) in [6.07, 6.45) is 1.50. The first-order valence-corrected chi connectivity index (χ1v) is 7.95. The summed E-state index contributed by atoms with van der Waals surface area (Å²) in [6, 6.07) is 4.27. The van der Waals surface area contributed by atoms with E-state index in [1.807, 2.05) is 20.8 Å². The highest BCUT2D eigenvalue weighted by Gasteiger charge is 2.26. The van der Waals surface area contributed by atoms with Gasteiger partial charge in [0, 0.05) is 31.4 Å². The smallest absolute Gasteiger partial charge is 0.410 e. The summed E-state index contributed by atoms with van der Waals surface area (Å²) in [6.45, 7) is 7.64. The van der Waals surface area contributed by atoms with Crippen molar-refractivity contribution in [1.82, 2.24) is 4.90 Å². The van der Waals surface area contributed by atoms with Crippen LogP contribution in [0.3, 0.4) is 0 Å². The number of nitrogens with zero attached hydrogens (tertiary/aromatic N) is 1. The van der Waals surface area contributed by atoms with Crippen LogP contribution in [-0.4, -0.2) is 41.3 Å². The maximum absolute atomic E-state index is 13.3. The van der Waals surface area contributed by atoms with E-state index < -0.39 is 11.4 Å². The molecular formula is C17H25FN2O3. The summed E-state index contributed by atoms with van der Waals surface area (Å²) in [5.74, 6) is -0.554. The van der Waals surface area contributed by atoms with Crippen molar-refractivity contribution in [2.75, 3.05) is 25.0 Å². The maximum Gasteiger partial charge on any atom is 0.410 e. The van der Waals surface area contributed by atoms with E-state index in [2.05, 4.69) is 5.32 Å².